The van der Waals surface area contributed by atoms with Gasteiger partial charge in [-0.3, -0.25) is 4.79 Å². The van der Waals surface area contributed by atoms with E-state index >= 15 is 0 Å². The van der Waals surface area contributed by atoms with Gasteiger partial charge in [-0.25, -0.2) is 0 Å². The average molecular weight is 312 g/mol. The minimum Gasteiger partial charge on any atom is -0.465 e. The van der Waals surface area contributed by atoms with Crippen molar-refractivity contribution in [2.75, 3.05) is 6.61 Å². The van der Waals surface area contributed by atoms with Crippen LogP contribution in [0.5, 0.6) is 0 Å². The van der Waals surface area contributed by atoms with Crippen molar-refractivity contribution in [1.82, 2.24) is 0 Å². The largest absolute Gasteiger partial charge is 0.465 e. The van der Waals surface area contributed by atoms with Crippen LogP contribution >= 0.6 is 0 Å². The molecular weight excluding hydrogens is 284 g/mol. The normalized spacial score (nSPS) is 46.9. The van der Waals surface area contributed by atoms with E-state index in [1.54, 1.807) is 0 Å². The fourth-order valence-electron chi connectivity index (χ4n) is 6.20. The van der Waals surface area contributed by atoms with Gasteiger partial charge in [-0.15, -0.1) is 0 Å². The highest BCUT2D eigenvalue weighted by atomic mass is 16.5. The molecule has 2 fully saturated rings. The van der Waals surface area contributed by atoms with Crippen molar-refractivity contribution in [3.05, 3.63) is 36.5 Å². The van der Waals surface area contributed by atoms with E-state index in [2.05, 4.69) is 43.4 Å². The zero-order chi connectivity index (χ0) is 16.1. The van der Waals surface area contributed by atoms with E-state index in [0.717, 1.165) is 11.8 Å². The first-order chi connectivity index (χ1) is 11.1. The number of carbonyl (C=O) groups is 1. The van der Waals surface area contributed by atoms with Gasteiger partial charge in [-0.2, -0.15) is 0 Å². The average Bonchev–Trinajstić information content (AvgIpc) is 2.97. The first-order valence-corrected chi connectivity index (χ1v) is 9.22. The second-order valence-corrected chi connectivity index (χ2v) is 8.36. The van der Waals surface area contributed by atoms with Crippen molar-refractivity contribution in [3.63, 3.8) is 0 Å². The second-order valence-electron chi connectivity index (χ2n) is 8.36. The van der Waals surface area contributed by atoms with Gasteiger partial charge in [-0.1, -0.05) is 43.4 Å². The first-order valence-electron chi connectivity index (χ1n) is 9.22. The molecule has 6 atom stereocenters. The van der Waals surface area contributed by atoms with E-state index in [0.29, 0.717) is 23.9 Å². The SMILES string of the molecule is CC(=O)OC[C@@]12C=CC[C@H]1[C@@H]1CCC3C=CC=C[C@]3(C)[C@H]1CC2. The lowest BCUT2D eigenvalue weighted by Gasteiger charge is -2.57. The van der Waals surface area contributed by atoms with Gasteiger partial charge in [0.25, 0.3) is 0 Å². The van der Waals surface area contributed by atoms with Crippen LogP contribution in [0.2, 0.25) is 0 Å². The van der Waals surface area contributed by atoms with Gasteiger partial charge in [0.15, 0.2) is 0 Å². The third kappa shape index (κ3) is 2.25. The Kier molecular flexibility index (Phi) is 3.55. The molecule has 0 aliphatic heterocycles. The molecule has 124 valence electrons. The molecule has 2 saturated carbocycles. The van der Waals surface area contributed by atoms with Crippen LogP contribution in [0.4, 0.5) is 0 Å². The summed E-state index contributed by atoms with van der Waals surface area (Å²) >= 11 is 0. The minimum atomic E-state index is -0.142. The summed E-state index contributed by atoms with van der Waals surface area (Å²) in [7, 11) is 0. The van der Waals surface area contributed by atoms with Crippen LogP contribution in [0.25, 0.3) is 0 Å². The highest BCUT2D eigenvalue weighted by molar-refractivity contribution is 5.66. The Morgan fingerprint density at radius 3 is 2.87 bits per heavy atom. The Balaban J connectivity index is 1.61. The minimum absolute atomic E-state index is 0.115. The van der Waals surface area contributed by atoms with E-state index in [-0.39, 0.29) is 11.4 Å². The van der Waals surface area contributed by atoms with Crippen molar-refractivity contribution in [2.45, 2.75) is 46.0 Å². The number of carbonyl (C=O) groups excluding carboxylic acids is 1. The van der Waals surface area contributed by atoms with Crippen molar-refractivity contribution in [2.24, 2.45) is 34.5 Å². The fourth-order valence-corrected chi connectivity index (χ4v) is 6.20. The molecule has 0 saturated heterocycles. The molecule has 0 aromatic carbocycles. The van der Waals surface area contributed by atoms with E-state index in [4.69, 9.17) is 4.74 Å². The van der Waals surface area contributed by atoms with E-state index in [9.17, 15) is 4.79 Å². The summed E-state index contributed by atoms with van der Waals surface area (Å²) in [6.07, 6.45) is 20.4. The Labute approximate surface area is 139 Å². The fraction of sp³-hybridized carbons (Fsp3) is 0.667. The predicted octanol–water partition coefficient (Wildman–Crippen LogP) is 4.68. The van der Waals surface area contributed by atoms with Crippen molar-refractivity contribution >= 4 is 5.97 Å². The second kappa shape index (κ2) is 5.36. The Hall–Kier alpha value is -1.31. The van der Waals surface area contributed by atoms with Gasteiger partial charge < -0.3 is 4.74 Å². The zero-order valence-electron chi connectivity index (χ0n) is 14.3. The van der Waals surface area contributed by atoms with Crippen LogP contribution in [0, 0.1) is 34.5 Å². The van der Waals surface area contributed by atoms with Gasteiger partial charge in [-0.05, 0) is 61.2 Å². The molecule has 0 heterocycles. The molecular formula is C21H28O2. The number of rotatable bonds is 2. The summed E-state index contributed by atoms with van der Waals surface area (Å²) in [4.78, 5) is 11.3. The lowest BCUT2D eigenvalue weighted by molar-refractivity contribution is -0.148. The third-order valence-corrected chi connectivity index (χ3v) is 7.40. The van der Waals surface area contributed by atoms with Gasteiger partial charge in [0.1, 0.15) is 6.61 Å². The highest BCUT2D eigenvalue weighted by Gasteiger charge is 2.56. The van der Waals surface area contributed by atoms with Gasteiger partial charge in [0.2, 0.25) is 0 Å². The summed E-state index contributed by atoms with van der Waals surface area (Å²) in [5, 5.41) is 0. The molecule has 0 aromatic heterocycles. The maximum absolute atomic E-state index is 11.3. The number of allylic oxidation sites excluding steroid dienone is 5. The van der Waals surface area contributed by atoms with E-state index in [1.165, 1.54) is 39.0 Å². The topological polar surface area (TPSA) is 26.3 Å². The van der Waals surface area contributed by atoms with Crippen molar-refractivity contribution < 1.29 is 9.53 Å². The summed E-state index contributed by atoms with van der Waals surface area (Å²) in [5.41, 5.74) is 0.443. The maximum atomic E-state index is 11.3. The van der Waals surface area contributed by atoms with Gasteiger partial charge in [0, 0.05) is 12.3 Å². The molecule has 4 aliphatic carbocycles. The molecule has 0 radical (unpaired) electrons. The Morgan fingerprint density at radius 2 is 2.04 bits per heavy atom. The van der Waals surface area contributed by atoms with Crippen LogP contribution in [0.15, 0.2) is 36.5 Å². The zero-order valence-corrected chi connectivity index (χ0v) is 14.3. The van der Waals surface area contributed by atoms with Crippen LogP contribution in [0.3, 0.4) is 0 Å². The number of esters is 1. The quantitative estimate of drug-likeness (QED) is 0.546. The smallest absolute Gasteiger partial charge is 0.302 e. The van der Waals surface area contributed by atoms with Crippen molar-refractivity contribution in [3.8, 4) is 0 Å². The lowest BCUT2D eigenvalue weighted by Crippen LogP contribution is -2.52. The van der Waals surface area contributed by atoms with Crippen LogP contribution in [0.1, 0.15) is 46.0 Å². The van der Waals surface area contributed by atoms with Crippen LogP contribution in [-0.2, 0) is 9.53 Å². The highest BCUT2D eigenvalue weighted by Crippen LogP contribution is 2.63. The first kappa shape index (κ1) is 15.2. The number of hydrogen-bond donors (Lipinski definition) is 0. The summed E-state index contributed by atoms with van der Waals surface area (Å²) in [6.45, 7) is 4.60. The molecule has 0 spiro atoms. The molecule has 2 nitrogen and oxygen atoms in total. The molecule has 0 bridgehead atoms. The molecule has 0 aromatic rings. The van der Waals surface area contributed by atoms with Crippen LogP contribution in [-0.4, -0.2) is 12.6 Å². The Morgan fingerprint density at radius 1 is 1.17 bits per heavy atom. The standard InChI is InChI=1S/C21H28O2/c1-15(22)23-14-21-12-5-7-19(21)17-9-8-16-6-3-4-11-20(16,2)18(17)10-13-21/h3-6,11-12,16-19H,7-10,13-14H2,1-2H3/t16?,17-,18+,19+,20+,21+/m1/s1. The maximum Gasteiger partial charge on any atom is 0.302 e. The molecule has 4 rings (SSSR count). The molecule has 4 aliphatic rings. The summed E-state index contributed by atoms with van der Waals surface area (Å²) in [6, 6.07) is 0. The lowest BCUT2D eigenvalue weighted by atomic mass is 9.47. The van der Waals surface area contributed by atoms with Crippen LogP contribution < -0.4 is 0 Å². The van der Waals surface area contributed by atoms with Crippen molar-refractivity contribution in [1.29, 1.82) is 0 Å². The molecule has 1 unspecified atom stereocenters. The number of ether oxygens (including phenoxy) is 1. The number of fused-ring (bicyclic) bond motifs is 5. The molecule has 0 N–H and O–H groups in total. The predicted molar refractivity (Wildman–Crippen MR) is 91.6 cm³/mol. The molecule has 0 amide bonds. The van der Waals surface area contributed by atoms with Gasteiger partial charge >= 0.3 is 5.97 Å². The summed E-state index contributed by atoms with van der Waals surface area (Å²) < 4.78 is 5.48. The van der Waals surface area contributed by atoms with E-state index < -0.39 is 0 Å². The van der Waals surface area contributed by atoms with E-state index in [1.807, 2.05) is 0 Å². The number of hydrogen-bond acceptors (Lipinski definition) is 2. The molecule has 2 heteroatoms. The third-order valence-electron chi connectivity index (χ3n) is 7.40. The molecule has 23 heavy (non-hydrogen) atoms. The Bertz CT molecular complexity index is 587. The van der Waals surface area contributed by atoms with Gasteiger partial charge in [0.05, 0.1) is 0 Å². The monoisotopic (exact) mass is 312 g/mol. The summed E-state index contributed by atoms with van der Waals surface area (Å²) in [5.74, 6) is 2.78.